The lowest BCUT2D eigenvalue weighted by atomic mass is 9.94. The number of unbranched alkanes of at least 4 members (excludes halogenated alkanes) is 3. The van der Waals surface area contributed by atoms with Gasteiger partial charge >= 0.3 is 0 Å². The molecule has 1 fully saturated rings. The highest BCUT2D eigenvalue weighted by Crippen LogP contribution is 2.45. The SMILES string of the molecule is C=CCCCCCC1=CC2CCC1C2. The van der Waals surface area contributed by atoms with Crippen LogP contribution in [0.25, 0.3) is 0 Å². The lowest BCUT2D eigenvalue weighted by Crippen LogP contribution is -1.97. The Morgan fingerprint density at radius 1 is 1.29 bits per heavy atom. The topological polar surface area (TPSA) is 0 Å². The van der Waals surface area contributed by atoms with Crippen molar-refractivity contribution in [3.63, 3.8) is 0 Å². The Hall–Kier alpha value is -0.520. The first kappa shape index (κ1) is 10.0. The minimum absolute atomic E-state index is 0.975. The fourth-order valence-corrected chi connectivity index (χ4v) is 3.03. The normalized spacial score (nSPS) is 29.3. The zero-order valence-corrected chi connectivity index (χ0v) is 9.17. The molecule has 14 heavy (non-hydrogen) atoms. The molecule has 0 heterocycles. The van der Waals surface area contributed by atoms with Crippen molar-refractivity contribution in [3.8, 4) is 0 Å². The van der Waals surface area contributed by atoms with Crippen molar-refractivity contribution in [1.82, 2.24) is 0 Å². The molecule has 2 unspecified atom stereocenters. The van der Waals surface area contributed by atoms with Crippen molar-refractivity contribution in [3.05, 3.63) is 24.3 Å². The number of fused-ring (bicyclic) bond motifs is 2. The fourth-order valence-electron chi connectivity index (χ4n) is 3.03. The van der Waals surface area contributed by atoms with Crippen LogP contribution in [0.5, 0.6) is 0 Å². The molecule has 0 saturated heterocycles. The van der Waals surface area contributed by atoms with Gasteiger partial charge in [-0.1, -0.05) is 24.1 Å². The Morgan fingerprint density at radius 2 is 2.21 bits per heavy atom. The van der Waals surface area contributed by atoms with Gasteiger partial charge in [0.25, 0.3) is 0 Å². The Labute approximate surface area is 88.1 Å². The summed E-state index contributed by atoms with van der Waals surface area (Å²) in [5.41, 5.74) is 1.81. The molecule has 2 aliphatic carbocycles. The summed E-state index contributed by atoms with van der Waals surface area (Å²) in [6.45, 7) is 3.76. The zero-order chi connectivity index (χ0) is 9.80. The van der Waals surface area contributed by atoms with E-state index in [0.717, 1.165) is 11.8 Å². The van der Waals surface area contributed by atoms with Gasteiger partial charge in [-0.25, -0.2) is 0 Å². The van der Waals surface area contributed by atoms with Crippen LogP contribution in [-0.2, 0) is 0 Å². The predicted molar refractivity (Wildman–Crippen MR) is 62.2 cm³/mol. The highest BCUT2D eigenvalue weighted by Gasteiger charge is 2.31. The minimum atomic E-state index is 0.975. The molecule has 0 aliphatic heterocycles. The number of hydrogen-bond donors (Lipinski definition) is 0. The molecule has 0 amide bonds. The third-order valence-corrected chi connectivity index (χ3v) is 3.82. The molecule has 0 spiro atoms. The van der Waals surface area contributed by atoms with Crippen molar-refractivity contribution in [2.45, 2.75) is 51.4 Å². The average Bonchev–Trinajstić information content (AvgIpc) is 2.79. The van der Waals surface area contributed by atoms with Gasteiger partial charge in [0.15, 0.2) is 0 Å². The maximum absolute atomic E-state index is 3.76. The van der Waals surface area contributed by atoms with Crippen molar-refractivity contribution in [1.29, 1.82) is 0 Å². The van der Waals surface area contributed by atoms with Crippen LogP contribution in [0.4, 0.5) is 0 Å². The maximum atomic E-state index is 3.76. The van der Waals surface area contributed by atoms with Crippen LogP contribution in [0.1, 0.15) is 51.4 Å². The van der Waals surface area contributed by atoms with Crippen LogP contribution < -0.4 is 0 Å². The molecular weight excluding hydrogens is 168 g/mol. The summed E-state index contributed by atoms with van der Waals surface area (Å²) in [7, 11) is 0. The van der Waals surface area contributed by atoms with E-state index in [2.05, 4.69) is 12.7 Å². The molecule has 2 atom stereocenters. The Morgan fingerprint density at radius 3 is 2.86 bits per heavy atom. The molecule has 1 saturated carbocycles. The standard InChI is InChI=1S/C14H22/c1-2-3-4-5-6-7-13-10-12-8-9-14(13)11-12/h2,10,12,14H,1,3-9,11H2. The second kappa shape index (κ2) is 4.82. The highest BCUT2D eigenvalue weighted by atomic mass is 14.4. The minimum Gasteiger partial charge on any atom is -0.103 e. The third kappa shape index (κ3) is 2.29. The molecule has 0 nitrogen and oxygen atoms in total. The summed E-state index contributed by atoms with van der Waals surface area (Å²) in [5.74, 6) is 1.97. The summed E-state index contributed by atoms with van der Waals surface area (Å²) in [6.07, 6.45) is 15.8. The summed E-state index contributed by atoms with van der Waals surface area (Å²) in [6, 6.07) is 0. The van der Waals surface area contributed by atoms with Crippen LogP contribution >= 0.6 is 0 Å². The quantitative estimate of drug-likeness (QED) is 0.428. The van der Waals surface area contributed by atoms with Gasteiger partial charge in [0, 0.05) is 0 Å². The van der Waals surface area contributed by atoms with E-state index in [1.807, 2.05) is 6.08 Å². The maximum Gasteiger partial charge on any atom is -0.0197 e. The molecule has 0 aromatic rings. The smallest absolute Gasteiger partial charge is 0.0197 e. The van der Waals surface area contributed by atoms with E-state index in [1.165, 1.54) is 51.4 Å². The largest absolute Gasteiger partial charge is 0.103 e. The molecule has 0 radical (unpaired) electrons. The average molecular weight is 190 g/mol. The molecule has 2 aliphatic rings. The van der Waals surface area contributed by atoms with Crippen molar-refractivity contribution in [2.75, 3.05) is 0 Å². The molecule has 0 heteroatoms. The molecule has 78 valence electrons. The van der Waals surface area contributed by atoms with Gasteiger partial charge < -0.3 is 0 Å². The van der Waals surface area contributed by atoms with E-state index >= 15 is 0 Å². The Balaban J connectivity index is 1.62. The summed E-state index contributed by atoms with van der Waals surface area (Å²) < 4.78 is 0. The number of allylic oxidation sites excluding steroid dienone is 3. The van der Waals surface area contributed by atoms with Gasteiger partial charge in [0.1, 0.15) is 0 Å². The third-order valence-electron chi connectivity index (χ3n) is 3.82. The zero-order valence-electron chi connectivity index (χ0n) is 9.17. The monoisotopic (exact) mass is 190 g/mol. The van der Waals surface area contributed by atoms with Gasteiger partial charge in [-0.05, 0) is 56.8 Å². The second-order valence-electron chi connectivity index (χ2n) is 4.90. The summed E-state index contributed by atoms with van der Waals surface area (Å²) in [4.78, 5) is 0. The van der Waals surface area contributed by atoms with E-state index < -0.39 is 0 Å². The number of rotatable bonds is 6. The Kier molecular flexibility index (Phi) is 3.44. The van der Waals surface area contributed by atoms with Crippen molar-refractivity contribution in [2.24, 2.45) is 11.8 Å². The molecular formula is C14H22. The van der Waals surface area contributed by atoms with E-state index in [4.69, 9.17) is 0 Å². The molecule has 0 aromatic carbocycles. The van der Waals surface area contributed by atoms with Gasteiger partial charge in [-0.3, -0.25) is 0 Å². The lowest BCUT2D eigenvalue weighted by molar-refractivity contribution is 0.593. The first-order chi connectivity index (χ1) is 6.90. The van der Waals surface area contributed by atoms with Crippen LogP contribution in [0.15, 0.2) is 24.3 Å². The Bertz CT molecular complexity index is 224. The van der Waals surface area contributed by atoms with Crippen LogP contribution in [0.2, 0.25) is 0 Å². The van der Waals surface area contributed by atoms with E-state index in [1.54, 1.807) is 5.57 Å². The van der Waals surface area contributed by atoms with E-state index in [-0.39, 0.29) is 0 Å². The predicted octanol–water partition coefficient (Wildman–Crippen LogP) is 4.48. The first-order valence-corrected chi connectivity index (χ1v) is 6.21. The van der Waals surface area contributed by atoms with E-state index in [0.29, 0.717) is 0 Å². The van der Waals surface area contributed by atoms with Gasteiger partial charge in [-0.2, -0.15) is 0 Å². The van der Waals surface area contributed by atoms with E-state index in [9.17, 15) is 0 Å². The van der Waals surface area contributed by atoms with Crippen LogP contribution in [-0.4, -0.2) is 0 Å². The molecule has 0 N–H and O–H groups in total. The fraction of sp³-hybridized carbons (Fsp3) is 0.714. The molecule has 2 bridgehead atoms. The van der Waals surface area contributed by atoms with Crippen LogP contribution in [0, 0.1) is 11.8 Å². The van der Waals surface area contributed by atoms with Crippen molar-refractivity contribution < 1.29 is 0 Å². The summed E-state index contributed by atoms with van der Waals surface area (Å²) >= 11 is 0. The second-order valence-corrected chi connectivity index (χ2v) is 4.90. The van der Waals surface area contributed by atoms with Crippen molar-refractivity contribution >= 4 is 0 Å². The molecule has 2 rings (SSSR count). The number of hydrogen-bond acceptors (Lipinski definition) is 0. The lowest BCUT2D eigenvalue weighted by Gasteiger charge is -2.12. The van der Waals surface area contributed by atoms with Gasteiger partial charge in [0.05, 0.1) is 0 Å². The molecule has 0 aromatic heterocycles. The van der Waals surface area contributed by atoms with Gasteiger partial charge in [0.2, 0.25) is 0 Å². The van der Waals surface area contributed by atoms with Crippen LogP contribution in [0.3, 0.4) is 0 Å². The van der Waals surface area contributed by atoms with Gasteiger partial charge in [-0.15, -0.1) is 6.58 Å². The first-order valence-electron chi connectivity index (χ1n) is 6.21. The summed E-state index contributed by atoms with van der Waals surface area (Å²) in [5, 5.41) is 0. The highest BCUT2D eigenvalue weighted by molar-refractivity contribution is 5.19.